The van der Waals surface area contributed by atoms with Crippen molar-refractivity contribution < 1.29 is 19.4 Å². The van der Waals surface area contributed by atoms with E-state index in [1.165, 1.54) is 23.3 Å². The van der Waals surface area contributed by atoms with Gasteiger partial charge in [-0.15, -0.1) is 0 Å². The third kappa shape index (κ3) is 4.40. The Hall–Kier alpha value is -3.97. The fraction of sp³-hybridized carbons (Fsp3) is 0.233. The largest absolute Gasteiger partial charge is 0.507 e. The third-order valence-electron chi connectivity index (χ3n) is 6.62. The number of carbonyl (C=O) groups excluding carboxylic acids is 2. The van der Waals surface area contributed by atoms with Crippen molar-refractivity contribution in [2.75, 3.05) is 12.0 Å². The standard InChI is InChI=1S/C30H28N2O4S/c1-17-9-14-22-23(15-17)37-29(31-22)32-25(18-10-12-20(13-11-18)30(2,3)4)24(27(34)28(32)35)26(33)19-7-6-8-21(16-19)36-5/h6-16,25,33H,1-5H3/t25-/m0/s1. The first kappa shape index (κ1) is 24.7. The number of nitrogens with zero attached hydrogens (tertiary/aromatic N) is 2. The maximum atomic E-state index is 13.5. The maximum absolute atomic E-state index is 13.5. The maximum Gasteiger partial charge on any atom is 0.301 e. The second-order valence-corrected chi connectivity index (χ2v) is 11.2. The summed E-state index contributed by atoms with van der Waals surface area (Å²) in [6.45, 7) is 8.37. The molecule has 7 heteroatoms. The Kier molecular flexibility index (Phi) is 6.12. The molecule has 1 saturated heterocycles. The highest BCUT2D eigenvalue weighted by molar-refractivity contribution is 7.22. The number of aliphatic hydroxyl groups is 1. The van der Waals surface area contributed by atoms with Crippen LogP contribution >= 0.6 is 11.3 Å². The van der Waals surface area contributed by atoms with Crippen LogP contribution in [0.15, 0.2) is 72.3 Å². The van der Waals surface area contributed by atoms with E-state index in [4.69, 9.17) is 9.72 Å². The number of Topliss-reactive ketones (excluding diaryl/α,β-unsaturated/α-hetero) is 1. The second kappa shape index (κ2) is 9.16. The number of thiazole rings is 1. The van der Waals surface area contributed by atoms with E-state index < -0.39 is 17.7 Å². The molecule has 0 radical (unpaired) electrons. The SMILES string of the molecule is COc1cccc(C(O)=C2C(=O)C(=O)N(c3nc4ccc(C)cc4s3)[C@H]2c2ccc(C(C)(C)C)cc2)c1. The number of methoxy groups -OCH3 is 1. The molecule has 0 saturated carbocycles. The number of hydrogen-bond donors (Lipinski definition) is 1. The summed E-state index contributed by atoms with van der Waals surface area (Å²) in [5, 5.41) is 11.8. The lowest BCUT2D eigenvalue weighted by Crippen LogP contribution is -2.29. The van der Waals surface area contributed by atoms with Crippen molar-refractivity contribution in [3.63, 3.8) is 0 Å². The van der Waals surface area contributed by atoms with Gasteiger partial charge in [0, 0.05) is 5.56 Å². The van der Waals surface area contributed by atoms with Gasteiger partial charge in [0.1, 0.15) is 11.5 Å². The normalized spacial score (nSPS) is 17.5. The van der Waals surface area contributed by atoms with Gasteiger partial charge in [-0.25, -0.2) is 4.98 Å². The third-order valence-corrected chi connectivity index (χ3v) is 7.64. The quantitative estimate of drug-likeness (QED) is 0.191. The van der Waals surface area contributed by atoms with Crippen molar-refractivity contribution in [1.82, 2.24) is 4.98 Å². The minimum atomic E-state index is -0.832. The molecule has 188 valence electrons. The number of fused-ring (bicyclic) bond motifs is 1. The smallest absolute Gasteiger partial charge is 0.301 e. The van der Waals surface area contributed by atoms with E-state index in [-0.39, 0.29) is 16.7 Å². The van der Waals surface area contributed by atoms with Crippen LogP contribution in [0.2, 0.25) is 0 Å². The summed E-state index contributed by atoms with van der Waals surface area (Å²) in [4.78, 5) is 33.1. The molecule has 1 aromatic heterocycles. The van der Waals surface area contributed by atoms with Crippen molar-refractivity contribution in [3.05, 3.63) is 94.6 Å². The molecule has 5 rings (SSSR count). The number of amides is 1. The Labute approximate surface area is 219 Å². The van der Waals surface area contributed by atoms with Gasteiger partial charge in [0.2, 0.25) is 0 Å². The van der Waals surface area contributed by atoms with Gasteiger partial charge in [-0.2, -0.15) is 0 Å². The van der Waals surface area contributed by atoms with Crippen molar-refractivity contribution in [1.29, 1.82) is 0 Å². The molecule has 1 aliphatic heterocycles. The number of ketones is 1. The van der Waals surface area contributed by atoms with E-state index in [1.807, 2.05) is 49.4 Å². The number of carbonyl (C=O) groups is 2. The number of hydrogen-bond acceptors (Lipinski definition) is 6. The van der Waals surface area contributed by atoms with Crippen LogP contribution in [0.5, 0.6) is 5.75 Å². The predicted molar refractivity (Wildman–Crippen MR) is 147 cm³/mol. The van der Waals surface area contributed by atoms with E-state index in [2.05, 4.69) is 20.8 Å². The molecule has 1 atom stereocenters. The highest BCUT2D eigenvalue weighted by Crippen LogP contribution is 2.44. The fourth-order valence-corrected chi connectivity index (χ4v) is 5.65. The van der Waals surface area contributed by atoms with Gasteiger partial charge in [-0.3, -0.25) is 14.5 Å². The first-order valence-electron chi connectivity index (χ1n) is 12.0. The molecule has 0 unspecified atom stereocenters. The molecule has 0 aliphatic carbocycles. The molecule has 6 nitrogen and oxygen atoms in total. The monoisotopic (exact) mass is 512 g/mol. The van der Waals surface area contributed by atoms with Crippen LogP contribution in [-0.2, 0) is 15.0 Å². The van der Waals surface area contributed by atoms with Crippen LogP contribution < -0.4 is 9.64 Å². The zero-order chi connectivity index (χ0) is 26.5. The Morgan fingerprint density at radius 3 is 2.43 bits per heavy atom. The van der Waals surface area contributed by atoms with E-state index in [9.17, 15) is 14.7 Å². The summed E-state index contributed by atoms with van der Waals surface area (Å²) in [6.07, 6.45) is 0. The summed E-state index contributed by atoms with van der Waals surface area (Å²) in [5.74, 6) is -1.18. The van der Waals surface area contributed by atoms with Gasteiger partial charge in [0.05, 0.1) is 28.9 Å². The zero-order valence-corrected chi connectivity index (χ0v) is 22.2. The van der Waals surface area contributed by atoms with Crippen LogP contribution in [0.4, 0.5) is 5.13 Å². The number of aliphatic hydroxyl groups excluding tert-OH is 1. The van der Waals surface area contributed by atoms with Crippen LogP contribution in [-0.4, -0.2) is 28.9 Å². The fourth-order valence-electron chi connectivity index (χ4n) is 4.56. The topological polar surface area (TPSA) is 79.7 Å². The number of anilines is 1. The molecule has 2 heterocycles. The van der Waals surface area contributed by atoms with Crippen LogP contribution in [0.25, 0.3) is 16.0 Å². The first-order valence-corrected chi connectivity index (χ1v) is 12.8. The lowest BCUT2D eigenvalue weighted by molar-refractivity contribution is -0.132. The molecule has 4 aromatic rings. The van der Waals surface area contributed by atoms with Gasteiger partial charge in [0.25, 0.3) is 5.78 Å². The summed E-state index contributed by atoms with van der Waals surface area (Å²) in [7, 11) is 1.53. The van der Waals surface area contributed by atoms with Crippen molar-refractivity contribution in [2.24, 2.45) is 0 Å². The Bertz CT molecular complexity index is 1560. The zero-order valence-electron chi connectivity index (χ0n) is 21.4. The van der Waals surface area contributed by atoms with Gasteiger partial charge in [-0.1, -0.05) is 74.6 Å². The van der Waals surface area contributed by atoms with Gasteiger partial charge < -0.3 is 9.84 Å². The molecule has 1 amide bonds. The molecule has 0 spiro atoms. The molecule has 1 fully saturated rings. The lowest BCUT2D eigenvalue weighted by Gasteiger charge is -2.24. The molecular weight excluding hydrogens is 484 g/mol. The Morgan fingerprint density at radius 1 is 1.03 bits per heavy atom. The average molecular weight is 513 g/mol. The highest BCUT2D eigenvalue weighted by atomic mass is 32.1. The molecule has 0 bridgehead atoms. The summed E-state index contributed by atoms with van der Waals surface area (Å²) in [6, 6.07) is 19.7. The van der Waals surface area contributed by atoms with Crippen molar-refractivity contribution >= 4 is 44.1 Å². The van der Waals surface area contributed by atoms with E-state index in [1.54, 1.807) is 24.3 Å². The van der Waals surface area contributed by atoms with Gasteiger partial charge in [0.15, 0.2) is 5.13 Å². The number of rotatable bonds is 4. The average Bonchev–Trinajstić information content (AvgIpc) is 3.40. The van der Waals surface area contributed by atoms with E-state index >= 15 is 0 Å². The number of aryl methyl sites for hydroxylation is 1. The minimum Gasteiger partial charge on any atom is -0.507 e. The number of benzene rings is 3. The van der Waals surface area contributed by atoms with Gasteiger partial charge in [-0.05, 0) is 53.3 Å². The summed E-state index contributed by atoms with van der Waals surface area (Å²) in [5.41, 5.74) is 4.03. The number of aromatic nitrogens is 1. The Balaban J connectivity index is 1.72. The summed E-state index contributed by atoms with van der Waals surface area (Å²) >= 11 is 1.35. The molecule has 1 N–H and O–H groups in total. The minimum absolute atomic E-state index is 0.0252. The number of ether oxygens (including phenoxy) is 1. The lowest BCUT2D eigenvalue weighted by atomic mass is 9.85. The van der Waals surface area contributed by atoms with Crippen LogP contribution in [0.3, 0.4) is 0 Å². The molecular formula is C30H28N2O4S. The van der Waals surface area contributed by atoms with Gasteiger partial charge >= 0.3 is 5.91 Å². The van der Waals surface area contributed by atoms with E-state index in [0.29, 0.717) is 22.0 Å². The molecule has 1 aliphatic rings. The van der Waals surface area contributed by atoms with Crippen LogP contribution in [0.1, 0.15) is 49.1 Å². The first-order chi connectivity index (χ1) is 17.6. The van der Waals surface area contributed by atoms with E-state index in [0.717, 1.165) is 21.3 Å². The van der Waals surface area contributed by atoms with Crippen LogP contribution in [0, 0.1) is 6.92 Å². The second-order valence-electron chi connectivity index (χ2n) is 10.2. The molecule has 3 aromatic carbocycles. The molecule has 37 heavy (non-hydrogen) atoms. The summed E-state index contributed by atoms with van der Waals surface area (Å²) < 4.78 is 6.22. The Morgan fingerprint density at radius 2 is 1.76 bits per heavy atom. The highest BCUT2D eigenvalue weighted by Gasteiger charge is 2.48. The van der Waals surface area contributed by atoms with Crippen molar-refractivity contribution in [2.45, 2.75) is 39.2 Å². The van der Waals surface area contributed by atoms with Crippen molar-refractivity contribution in [3.8, 4) is 5.75 Å². The predicted octanol–water partition coefficient (Wildman–Crippen LogP) is 6.54.